The standard InChI is InChI=1S/C15H19N3O/c1-10(2)19-14-7-5-4-6-13(14)18-15-8-11(3)12(16)9-17-15/h4-10H,16H2,1-3H3,(H,17,18). The van der Waals surface area contributed by atoms with E-state index >= 15 is 0 Å². The number of nitrogens with one attached hydrogen (secondary N) is 1. The van der Waals surface area contributed by atoms with Gasteiger partial charge in [-0.1, -0.05) is 12.1 Å². The third kappa shape index (κ3) is 3.37. The summed E-state index contributed by atoms with van der Waals surface area (Å²) >= 11 is 0. The van der Waals surface area contributed by atoms with Crippen molar-refractivity contribution in [1.82, 2.24) is 4.98 Å². The Bertz CT molecular complexity index is 567. The summed E-state index contributed by atoms with van der Waals surface area (Å²) in [5.74, 6) is 1.57. The fraction of sp³-hybridized carbons (Fsp3) is 0.267. The third-order valence-electron chi connectivity index (χ3n) is 2.66. The maximum atomic E-state index is 5.76. The van der Waals surface area contributed by atoms with Crippen LogP contribution in [0.4, 0.5) is 17.2 Å². The highest BCUT2D eigenvalue weighted by molar-refractivity contribution is 5.65. The maximum Gasteiger partial charge on any atom is 0.143 e. The molecule has 0 radical (unpaired) electrons. The first kappa shape index (κ1) is 13.2. The minimum atomic E-state index is 0.129. The summed E-state index contributed by atoms with van der Waals surface area (Å²) in [7, 11) is 0. The van der Waals surface area contributed by atoms with Crippen LogP contribution >= 0.6 is 0 Å². The fourth-order valence-electron chi connectivity index (χ4n) is 1.70. The molecule has 0 aliphatic carbocycles. The van der Waals surface area contributed by atoms with Crippen LogP contribution < -0.4 is 15.8 Å². The van der Waals surface area contributed by atoms with E-state index in [-0.39, 0.29) is 6.10 Å². The van der Waals surface area contributed by atoms with E-state index in [1.807, 2.05) is 51.1 Å². The summed E-state index contributed by atoms with van der Waals surface area (Å²) in [5.41, 5.74) is 8.35. The second kappa shape index (κ2) is 5.61. The van der Waals surface area contributed by atoms with Crippen LogP contribution in [0.5, 0.6) is 5.75 Å². The Labute approximate surface area is 113 Å². The highest BCUT2D eigenvalue weighted by Crippen LogP contribution is 2.28. The summed E-state index contributed by atoms with van der Waals surface area (Å²) in [4.78, 5) is 4.26. The molecule has 3 N–H and O–H groups in total. The van der Waals surface area contributed by atoms with Crippen molar-refractivity contribution in [3.8, 4) is 5.75 Å². The lowest BCUT2D eigenvalue weighted by Crippen LogP contribution is -2.07. The van der Waals surface area contributed by atoms with Crippen LogP contribution in [-0.2, 0) is 0 Å². The number of nitrogens with two attached hydrogens (primary N) is 1. The van der Waals surface area contributed by atoms with Crippen LogP contribution in [0.3, 0.4) is 0 Å². The normalized spacial score (nSPS) is 10.5. The molecule has 2 aromatic rings. The lowest BCUT2D eigenvalue weighted by atomic mass is 10.2. The van der Waals surface area contributed by atoms with Crippen LogP contribution in [0.15, 0.2) is 36.5 Å². The Kier molecular flexibility index (Phi) is 3.90. The molecule has 19 heavy (non-hydrogen) atoms. The highest BCUT2D eigenvalue weighted by atomic mass is 16.5. The van der Waals surface area contributed by atoms with Gasteiger partial charge in [0.15, 0.2) is 0 Å². The minimum Gasteiger partial charge on any atom is -0.489 e. The van der Waals surface area contributed by atoms with E-state index in [0.29, 0.717) is 5.69 Å². The lowest BCUT2D eigenvalue weighted by Gasteiger charge is -2.15. The highest BCUT2D eigenvalue weighted by Gasteiger charge is 2.06. The van der Waals surface area contributed by atoms with Gasteiger partial charge in [-0.15, -0.1) is 0 Å². The number of hydrogen-bond donors (Lipinski definition) is 2. The molecule has 0 fully saturated rings. The molecule has 1 aromatic heterocycles. The number of para-hydroxylation sites is 2. The van der Waals surface area contributed by atoms with E-state index in [2.05, 4.69) is 10.3 Å². The molecule has 0 spiro atoms. The third-order valence-corrected chi connectivity index (χ3v) is 2.66. The summed E-state index contributed by atoms with van der Waals surface area (Å²) in [6, 6.07) is 9.73. The van der Waals surface area contributed by atoms with Crippen molar-refractivity contribution < 1.29 is 4.74 Å². The van der Waals surface area contributed by atoms with Gasteiger partial charge in [0.1, 0.15) is 11.6 Å². The summed E-state index contributed by atoms with van der Waals surface area (Å²) < 4.78 is 5.76. The molecule has 0 amide bonds. The van der Waals surface area contributed by atoms with Gasteiger partial charge in [-0.2, -0.15) is 0 Å². The average molecular weight is 257 g/mol. The zero-order valence-electron chi connectivity index (χ0n) is 11.5. The predicted octanol–water partition coefficient (Wildman–Crippen LogP) is 3.50. The van der Waals surface area contributed by atoms with E-state index in [1.165, 1.54) is 0 Å². The van der Waals surface area contributed by atoms with E-state index in [4.69, 9.17) is 10.5 Å². The first-order valence-corrected chi connectivity index (χ1v) is 6.31. The molecule has 0 aliphatic rings. The van der Waals surface area contributed by atoms with Crippen LogP contribution in [-0.4, -0.2) is 11.1 Å². The molecule has 2 rings (SSSR count). The number of nitrogens with zero attached hydrogens (tertiary/aromatic N) is 1. The van der Waals surface area contributed by atoms with Crippen LogP contribution in [0.1, 0.15) is 19.4 Å². The molecule has 100 valence electrons. The Balaban J connectivity index is 2.25. The first-order valence-electron chi connectivity index (χ1n) is 6.31. The largest absolute Gasteiger partial charge is 0.489 e. The molecule has 4 heteroatoms. The van der Waals surface area contributed by atoms with Crippen molar-refractivity contribution in [3.63, 3.8) is 0 Å². The molecule has 4 nitrogen and oxygen atoms in total. The van der Waals surface area contributed by atoms with Gasteiger partial charge in [0.2, 0.25) is 0 Å². The minimum absolute atomic E-state index is 0.129. The van der Waals surface area contributed by atoms with Gasteiger partial charge in [0, 0.05) is 0 Å². The monoisotopic (exact) mass is 257 g/mol. The van der Waals surface area contributed by atoms with Gasteiger partial charge in [0.05, 0.1) is 23.7 Å². The number of pyridine rings is 1. The average Bonchev–Trinajstić information content (AvgIpc) is 2.36. The Morgan fingerprint density at radius 1 is 1.26 bits per heavy atom. The van der Waals surface area contributed by atoms with Gasteiger partial charge in [-0.25, -0.2) is 4.98 Å². The van der Waals surface area contributed by atoms with E-state index in [0.717, 1.165) is 22.8 Å². The molecule has 0 bridgehead atoms. The topological polar surface area (TPSA) is 60.2 Å². The van der Waals surface area contributed by atoms with E-state index in [1.54, 1.807) is 6.20 Å². The fourth-order valence-corrected chi connectivity index (χ4v) is 1.70. The van der Waals surface area contributed by atoms with E-state index < -0.39 is 0 Å². The summed E-state index contributed by atoms with van der Waals surface area (Å²) in [6.07, 6.45) is 1.79. The number of aromatic nitrogens is 1. The van der Waals surface area contributed by atoms with Crippen molar-refractivity contribution >= 4 is 17.2 Å². The predicted molar refractivity (Wildman–Crippen MR) is 78.9 cm³/mol. The molecule has 1 aromatic carbocycles. The second-order valence-electron chi connectivity index (χ2n) is 4.71. The summed E-state index contributed by atoms with van der Waals surface area (Å²) in [5, 5.41) is 3.25. The number of ether oxygens (including phenoxy) is 1. The zero-order chi connectivity index (χ0) is 13.8. The number of benzene rings is 1. The van der Waals surface area contributed by atoms with Gasteiger partial charge in [0.25, 0.3) is 0 Å². The molecule has 0 atom stereocenters. The molecular weight excluding hydrogens is 238 g/mol. The van der Waals surface area contributed by atoms with E-state index in [9.17, 15) is 0 Å². The van der Waals surface area contributed by atoms with Gasteiger partial charge < -0.3 is 15.8 Å². The molecular formula is C15H19N3O. The van der Waals surface area contributed by atoms with Gasteiger partial charge >= 0.3 is 0 Å². The number of hydrogen-bond acceptors (Lipinski definition) is 4. The van der Waals surface area contributed by atoms with Crippen molar-refractivity contribution in [2.24, 2.45) is 0 Å². The molecule has 0 saturated carbocycles. The quantitative estimate of drug-likeness (QED) is 0.880. The van der Waals surface area contributed by atoms with Crippen molar-refractivity contribution in [3.05, 3.63) is 42.1 Å². The Morgan fingerprint density at radius 2 is 2.00 bits per heavy atom. The number of rotatable bonds is 4. The lowest BCUT2D eigenvalue weighted by molar-refractivity contribution is 0.244. The Hall–Kier alpha value is -2.23. The van der Waals surface area contributed by atoms with Crippen molar-refractivity contribution in [2.45, 2.75) is 26.9 Å². The number of nitrogen functional groups attached to an aromatic ring is 1. The number of anilines is 3. The first-order chi connectivity index (χ1) is 9.06. The molecule has 1 heterocycles. The Morgan fingerprint density at radius 3 is 2.68 bits per heavy atom. The SMILES string of the molecule is Cc1cc(Nc2ccccc2OC(C)C)ncc1N. The van der Waals surface area contributed by atoms with Gasteiger partial charge in [-0.05, 0) is 44.5 Å². The smallest absolute Gasteiger partial charge is 0.143 e. The summed E-state index contributed by atoms with van der Waals surface area (Å²) in [6.45, 7) is 5.96. The van der Waals surface area contributed by atoms with Crippen molar-refractivity contribution in [2.75, 3.05) is 11.1 Å². The van der Waals surface area contributed by atoms with Gasteiger partial charge in [-0.3, -0.25) is 0 Å². The van der Waals surface area contributed by atoms with Crippen molar-refractivity contribution in [1.29, 1.82) is 0 Å². The zero-order valence-corrected chi connectivity index (χ0v) is 11.5. The second-order valence-corrected chi connectivity index (χ2v) is 4.71. The maximum absolute atomic E-state index is 5.76. The molecule has 0 unspecified atom stereocenters. The van der Waals surface area contributed by atoms with Crippen LogP contribution in [0, 0.1) is 6.92 Å². The number of aryl methyl sites for hydroxylation is 1. The van der Waals surface area contributed by atoms with Crippen LogP contribution in [0.2, 0.25) is 0 Å². The molecule has 0 saturated heterocycles. The van der Waals surface area contributed by atoms with Crippen LogP contribution in [0.25, 0.3) is 0 Å². The molecule has 0 aliphatic heterocycles.